The average molecular weight is 356 g/mol. The van der Waals surface area contributed by atoms with Gasteiger partial charge in [0.15, 0.2) is 0 Å². The number of nitrogens with one attached hydrogen (secondary N) is 1. The minimum absolute atomic E-state index is 0.130. The van der Waals surface area contributed by atoms with Gasteiger partial charge in [0.1, 0.15) is 5.69 Å². The van der Waals surface area contributed by atoms with Crippen molar-refractivity contribution in [2.45, 2.75) is 57.4 Å². The summed E-state index contributed by atoms with van der Waals surface area (Å²) in [5, 5.41) is 7.74. The molecule has 2 amide bonds. The molecule has 26 heavy (non-hydrogen) atoms. The number of likely N-dealkylation sites (tertiary alicyclic amines) is 1. The summed E-state index contributed by atoms with van der Waals surface area (Å²) in [7, 11) is 1.88. The van der Waals surface area contributed by atoms with E-state index in [1.54, 1.807) is 4.68 Å². The van der Waals surface area contributed by atoms with Crippen LogP contribution in [0.4, 0.5) is 0 Å². The van der Waals surface area contributed by atoms with Crippen molar-refractivity contribution in [1.82, 2.24) is 20.0 Å². The van der Waals surface area contributed by atoms with Crippen LogP contribution in [0.2, 0.25) is 0 Å². The Bertz CT molecular complexity index is 739. The topological polar surface area (TPSA) is 67.2 Å². The molecule has 3 aliphatic carbocycles. The third-order valence-corrected chi connectivity index (χ3v) is 7.08. The normalized spacial score (nSPS) is 29.3. The number of nitrogens with zero attached hydrogens (tertiary/aromatic N) is 3. The lowest BCUT2D eigenvalue weighted by molar-refractivity contribution is -0.121. The highest BCUT2D eigenvalue weighted by Crippen LogP contribution is 2.46. The second-order valence-corrected chi connectivity index (χ2v) is 8.72. The van der Waals surface area contributed by atoms with Crippen LogP contribution < -0.4 is 5.32 Å². The predicted octanol–water partition coefficient (Wildman–Crippen LogP) is 1.68. The summed E-state index contributed by atoms with van der Waals surface area (Å²) in [6, 6.07) is 0.296. The molecule has 6 nitrogen and oxygen atoms in total. The lowest BCUT2D eigenvalue weighted by Gasteiger charge is -2.25. The maximum atomic E-state index is 13.0. The Morgan fingerprint density at radius 1 is 1.15 bits per heavy atom. The fourth-order valence-electron chi connectivity index (χ4n) is 5.22. The number of hydrogen-bond donors (Lipinski definition) is 1. The van der Waals surface area contributed by atoms with Gasteiger partial charge in [-0.25, -0.2) is 0 Å². The van der Waals surface area contributed by atoms with E-state index in [2.05, 4.69) is 10.4 Å². The molecule has 0 aromatic carbocycles. The largest absolute Gasteiger partial charge is 0.353 e. The summed E-state index contributed by atoms with van der Waals surface area (Å²) in [4.78, 5) is 27.1. The maximum absolute atomic E-state index is 13.0. The van der Waals surface area contributed by atoms with E-state index in [0.29, 0.717) is 24.3 Å². The van der Waals surface area contributed by atoms with Gasteiger partial charge in [0.05, 0.1) is 5.69 Å². The van der Waals surface area contributed by atoms with Crippen LogP contribution in [0, 0.1) is 17.8 Å². The van der Waals surface area contributed by atoms with Gasteiger partial charge in [0, 0.05) is 50.0 Å². The first-order chi connectivity index (χ1) is 12.6. The third-order valence-electron chi connectivity index (χ3n) is 7.08. The number of fused-ring (bicyclic) bond motifs is 2. The monoisotopic (exact) mass is 356 g/mol. The summed E-state index contributed by atoms with van der Waals surface area (Å²) in [5.74, 6) is 2.03. The Labute approximate surface area is 154 Å². The van der Waals surface area contributed by atoms with Crippen molar-refractivity contribution < 1.29 is 9.59 Å². The molecule has 1 aromatic heterocycles. The quantitative estimate of drug-likeness (QED) is 0.873. The molecule has 0 radical (unpaired) electrons. The van der Waals surface area contributed by atoms with Gasteiger partial charge >= 0.3 is 0 Å². The van der Waals surface area contributed by atoms with Gasteiger partial charge in [0.25, 0.3) is 5.91 Å². The molecule has 1 N–H and O–H groups in total. The first-order valence-corrected chi connectivity index (χ1v) is 10.2. The summed E-state index contributed by atoms with van der Waals surface area (Å²) < 4.78 is 1.77. The van der Waals surface area contributed by atoms with Crippen LogP contribution in [-0.4, -0.2) is 45.6 Å². The van der Waals surface area contributed by atoms with Crippen molar-refractivity contribution in [2.75, 3.05) is 13.1 Å². The number of carbonyl (C=O) groups is 2. The van der Waals surface area contributed by atoms with Gasteiger partial charge in [-0.05, 0) is 31.6 Å². The van der Waals surface area contributed by atoms with E-state index >= 15 is 0 Å². The number of hydrogen-bond acceptors (Lipinski definition) is 3. The number of amides is 2. The lowest BCUT2D eigenvalue weighted by Crippen LogP contribution is -2.38. The molecule has 5 rings (SSSR count). The van der Waals surface area contributed by atoms with Crippen LogP contribution >= 0.6 is 0 Å². The molecule has 1 saturated heterocycles. The van der Waals surface area contributed by atoms with Crippen LogP contribution in [0.1, 0.15) is 60.3 Å². The third kappa shape index (κ3) is 2.65. The van der Waals surface area contributed by atoms with Crippen LogP contribution in [0.15, 0.2) is 0 Å². The van der Waals surface area contributed by atoms with Gasteiger partial charge in [-0.3, -0.25) is 14.3 Å². The summed E-state index contributed by atoms with van der Waals surface area (Å²) in [6.07, 6.45) is 8.74. The molecule has 0 bridgehead atoms. The van der Waals surface area contributed by atoms with Crippen molar-refractivity contribution in [1.29, 1.82) is 0 Å². The molecule has 1 unspecified atom stereocenters. The van der Waals surface area contributed by atoms with Crippen molar-refractivity contribution in [2.24, 2.45) is 24.8 Å². The molecule has 140 valence electrons. The molecule has 4 aliphatic rings. The van der Waals surface area contributed by atoms with E-state index in [0.717, 1.165) is 56.1 Å². The molecular weight excluding hydrogens is 328 g/mol. The molecule has 0 spiro atoms. The van der Waals surface area contributed by atoms with Crippen LogP contribution in [0.25, 0.3) is 0 Å². The van der Waals surface area contributed by atoms with Gasteiger partial charge in [0.2, 0.25) is 5.91 Å². The average Bonchev–Trinajstić information content (AvgIpc) is 2.98. The number of piperidine rings is 1. The van der Waals surface area contributed by atoms with Crippen molar-refractivity contribution in [3.8, 4) is 0 Å². The molecule has 3 fully saturated rings. The molecule has 1 aliphatic heterocycles. The Morgan fingerprint density at radius 2 is 1.92 bits per heavy atom. The molecule has 3 atom stereocenters. The van der Waals surface area contributed by atoms with Gasteiger partial charge in [-0.1, -0.05) is 19.3 Å². The van der Waals surface area contributed by atoms with Crippen LogP contribution in [-0.2, 0) is 24.7 Å². The number of carbonyl (C=O) groups excluding carboxylic acids is 2. The second kappa shape index (κ2) is 6.10. The standard InChI is InChI=1S/C20H28N4O2/c1-23-19(13-6-3-7-16(13)22-23)20(26)24-10-14-15(11-24)18(14)21-17(25)9-8-12-4-2-5-12/h12,14-15,18H,2-11H2,1H3,(H,21,25)/t14-,15+,18?. The molecule has 6 heteroatoms. The summed E-state index contributed by atoms with van der Waals surface area (Å²) in [5.41, 5.74) is 3.07. The van der Waals surface area contributed by atoms with E-state index in [9.17, 15) is 9.59 Å². The maximum Gasteiger partial charge on any atom is 0.272 e. The summed E-state index contributed by atoms with van der Waals surface area (Å²) >= 11 is 0. The van der Waals surface area contributed by atoms with Crippen molar-refractivity contribution in [3.63, 3.8) is 0 Å². The van der Waals surface area contributed by atoms with Gasteiger partial charge < -0.3 is 10.2 Å². The van der Waals surface area contributed by atoms with Crippen LogP contribution in [0.5, 0.6) is 0 Å². The molecule has 2 heterocycles. The lowest BCUT2D eigenvalue weighted by atomic mass is 9.82. The Hall–Kier alpha value is -1.85. The number of aromatic nitrogens is 2. The SMILES string of the molecule is Cn1nc2c(c1C(=O)N1C[C@@H]3C(NC(=O)CCC4CCC4)[C@@H]3C1)CCC2. The highest BCUT2D eigenvalue weighted by Gasteiger charge is 2.57. The van der Waals surface area contributed by atoms with E-state index in [1.807, 2.05) is 11.9 Å². The van der Waals surface area contributed by atoms with E-state index < -0.39 is 0 Å². The Kier molecular flexibility index (Phi) is 3.83. The zero-order chi connectivity index (χ0) is 17.8. The fraction of sp³-hybridized carbons (Fsp3) is 0.750. The summed E-state index contributed by atoms with van der Waals surface area (Å²) in [6.45, 7) is 1.55. The fourth-order valence-corrected chi connectivity index (χ4v) is 5.22. The highest BCUT2D eigenvalue weighted by molar-refractivity contribution is 5.95. The van der Waals surface area contributed by atoms with E-state index in [4.69, 9.17) is 0 Å². The minimum Gasteiger partial charge on any atom is -0.353 e. The number of aryl methyl sites for hydroxylation is 2. The Morgan fingerprint density at radius 3 is 2.62 bits per heavy atom. The minimum atomic E-state index is 0.130. The number of rotatable bonds is 5. The first kappa shape index (κ1) is 16.3. The van der Waals surface area contributed by atoms with Gasteiger partial charge in [-0.2, -0.15) is 5.10 Å². The molecule has 2 saturated carbocycles. The van der Waals surface area contributed by atoms with Crippen molar-refractivity contribution in [3.05, 3.63) is 17.0 Å². The molecular formula is C20H28N4O2. The van der Waals surface area contributed by atoms with E-state index in [-0.39, 0.29) is 11.8 Å². The zero-order valence-electron chi connectivity index (χ0n) is 15.5. The first-order valence-electron chi connectivity index (χ1n) is 10.2. The van der Waals surface area contributed by atoms with E-state index in [1.165, 1.54) is 24.8 Å². The second-order valence-electron chi connectivity index (χ2n) is 8.72. The smallest absolute Gasteiger partial charge is 0.272 e. The Balaban J connectivity index is 1.14. The van der Waals surface area contributed by atoms with Gasteiger partial charge in [-0.15, -0.1) is 0 Å². The van der Waals surface area contributed by atoms with Crippen molar-refractivity contribution >= 4 is 11.8 Å². The predicted molar refractivity (Wildman–Crippen MR) is 96.6 cm³/mol. The van der Waals surface area contributed by atoms with Crippen LogP contribution in [0.3, 0.4) is 0 Å². The zero-order valence-corrected chi connectivity index (χ0v) is 15.5. The highest BCUT2D eigenvalue weighted by atomic mass is 16.2. The molecule has 1 aromatic rings.